The van der Waals surface area contributed by atoms with Crippen LogP contribution in [-0.2, 0) is 0 Å². The molecule has 1 fully saturated rings. The molecule has 1 saturated carbocycles. The van der Waals surface area contributed by atoms with Crippen LogP contribution in [0.25, 0.3) is 0 Å². The number of hydrogen-bond donors (Lipinski definition) is 2. The molecule has 0 aromatic heterocycles. The van der Waals surface area contributed by atoms with Crippen LogP contribution in [-0.4, -0.2) is 17.3 Å². The van der Waals surface area contributed by atoms with Gasteiger partial charge in [0, 0.05) is 6.04 Å². The molecule has 0 amide bonds. The Morgan fingerprint density at radius 1 is 1.40 bits per heavy atom. The molecule has 2 heteroatoms. The molecule has 0 bridgehead atoms. The van der Waals surface area contributed by atoms with E-state index in [9.17, 15) is 5.11 Å². The van der Waals surface area contributed by atoms with Crippen LogP contribution in [0.5, 0.6) is 0 Å². The molecule has 1 rings (SSSR count). The van der Waals surface area contributed by atoms with E-state index in [-0.39, 0.29) is 12.1 Å². The minimum Gasteiger partial charge on any atom is -0.391 e. The Labute approximate surface area is 62.4 Å². The van der Waals surface area contributed by atoms with E-state index in [4.69, 9.17) is 5.73 Å². The van der Waals surface area contributed by atoms with Gasteiger partial charge in [0.15, 0.2) is 0 Å². The Morgan fingerprint density at radius 3 is 2.30 bits per heavy atom. The van der Waals surface area contributed by atoms with E-state index >= 15 is 0 Å². The lowest BCUT2D eigenvalue weighted by Gasteiger charge is -2.20. The molecule has 1 aliphatic carbocycles. The molecule has 0 spiro atoms. The third kappa shape index (κ3) is 1.70. The molecule has 0 saturated heterocycles. The fourth-order valence-electron chi connectivity index (χ4n) is 1.73. The zero-order valence-corrected chi connectivity index (χ0v) is 6.59. The second-order valence-electron chi connectivity index (χ2n) is 3.39. The van der Waals surface area contributed by atoms with Crippen molar-refractivity contribution < 1.29 is 5.11 Å². The maximum atomic E-state index is 9.50. The number of aliphatic hydroxyl groups is 1. The quantitative estimate of drug-likeness (QED) is 0.603. The number of aliphatic hydroxyl groups excluding tert-OH is 1. The van der Waals surface area contributed by atoms with Gasteiger partial charge in [-0.15, -0.1) is 0 Å². The van der Waals surface area contributed by atoms with Crippen LogP contribution >= 0.6 is 0 Å². The molecule has 0 heterocycles. The Morgan fingerprint density at radius 2 is 1.90 bits per heavy atom. The Balaban J connectivity index is 2.32. The monoisotopic (exact) mass is 143 g/mol. The predicted octanol–water partition coefficient (Wildman–Crippen LogP) is 0.885. The molecule has 60 valence electrons. The van der Waals surface area contributed by atoms with Gasteiger partial charge in [-0.1, -0.05) is 12.8 Å². The van der Waals surface area contributed by atoms with Crippen molar-refractivity contribution >= 4 is 0 Å². The van der Waals surface area contributed by atoms with E-state index in [0.717, 1.165) is 0 Å². The van der Waals surface area contributed by atoms with Gasteiger partial charge in [0.25, 0.3) is 0 Å². The van der Waals surface area contributed by atoms with Crippen LogP contribution in [0.4, 0.5) is 0 Å². The molecule has 0 radical (unpaired) electrons. The first kappa shape index (κ1) is 8.02. The second kappa shape index (κ2) is 3.35. The third-order valence-electron chi connectivity index (χ3n) is 2.42. The highest BCUT2D eigenvalue weighted by Gasteiger charge is 2.25. The smallest absolute Gasteiger partial charge is 0.0716 e. The topological polar surface area (TPSA) is 46.2 Å². The summed E-state index contributed by atoms with van der Waals surface area (Å²) in [6.45, 7) is 1.88. The van der Waals surface area contributed by atoms with E-state index in [1.165, 1.54) is 25.7 Å². The van der Waals surface area contributed by atoms with Gasteiger partial charge in [0.05, 0.1) is 6.10 Å². The molecule has 0 aromatic carbocycles. The van der Waals surface area contributed by atoms with Crippen LogP contribution in [0, 0.1) is 5.92 Å². The fourth-order valence-corrected chi connectivity index (χ4v) is 1.73. The van der Waals surface area contributed by atoms with Crippen LogP contribution in [0.15, 0.2) is 0 Å². The molecule has 0 aromatic rings. The number of hydrogen-bond acceptors (Lipinski definition) is 2. The lowest BCUT2D eigenvalue weighted by molar-refractivity contribution is 0.0902. The lowest BCUT2D eigenvalue weighted by Crippen LogP contribution is -2.36. The van der Waals surface area contributed by atoms with E-state index in [0.29, 0.717) is 5.92 Å². The number of rotatable bonds is 2. The average molecular weight is 143 g/mol. The lowest BCUT2D eigenvalue weighted by atomic mass is 9.96. The highest BCUT2D eigenvalue weighted by molar-refractivity contribution is 4.79. The summed E-state index contributed by atoms with van der Waals surface area (Å²) in [6, 6.07) is -0.0527. The molecule has 2 unspecified atom stereocenters. The van der Waals surface area contributed by atoms with Crippen molar-refractivity contribution in [2.45, 2.75) is 44.8 Å². The molecule has 2 nitrogen and oxygen atoms in total. The van der Waals surface area contributed by atoms with Gasteiger partial charge in [-0.05, 0) is 25.7 Å². The summed E-state index contributed by atoms with van der Waals surface area (Å²) in [6.07, 6.45) is 4.62. The zero-order valence-electron chi connectivity index (χ0n) is 6.59. The summed E-state index contributed by atoms with van der Waals surface area (Å²) in [5.74, 6) is 0.486. The first-order valence-corrected chi connectivity index (χ1v) is 4.15. The summed E-state index contributed by atoms with van der Waals surface area (Å²) in [7, 11) is 0. The maximum Gasteiger partial charge on any atom is 0.0716 e. The predicted molar refractivity (Wildman–Crippen MR) is 41.6 cm³/mol. The van der Waals surface area contributed by atoms with Crippen molar-refractivity contribution in [3.05, 3.63) is 0 Å². The van der Waals surface area contributed by atoms with Crippen molar-refractivity contribution in [3.8, 4) is 0 Å². The minimum absolute atomic E-state index is 0.0527. The van der Waals surface area contributed by atoms with Gasteiger partial charge < -0.3 is 10.8 Å². The molecule has 3 N–H and O–H groups in total. The van der Waals surface area contributed by atoms with Gasteiger partial charge in [-0.3, -0.25) is 0 Å². The van der Waals surface area contributed by atoms with E-state index < -0.39 is 0 Å². The molecule has 2 atom stereocenters. The van der Waals surface area contributed by atoms with E-state index in [1.807, 2.05) is 6.92 Å². The summed E-state index contributed by atoms with van der Waals surface area (Å²) < 4.78 is 0. The summed E-state index contributed by atoms with van der Waals surface area (Å²) in [5.41, 5.74) is 5.57. The normalized spacial score (nSPS) is 26.7. The second-order valence-corrected chi connectivity index (χ2v) is 3.39. The molecule has 0 aliphatic heterocycles. The summed E-state index contributed by atoms with van der Waals surface area (Å²) in [5, 5.41) is 9.50. The van der Waals surface area contributed by atoms with E-state index in [2.05, 4.69) is 0 Å². The first-order valence-electron chi connectivity index (χ1n) is 4.15. The van der Waals surface area contributed by atoms with Crippen molar-refractivity contribution in [1.29, 1.82) is 0 Å². The number of nitrogens with two attached hydrogens (primary N) is 1. The van der Waals surface area contributed by atoms with Crippen LogP contribution in [0.1, 0.15) is 32.6 Å². The largest absolute Gasteiger partial charge is 0.391 e. The average Bonchev–Trinajstić information content (AvgIpc) is 2.36. The molecular formula is C8H17NO. The van der Waals surface area contributed by atoms with Crippen LogP contribution in [0.2, 0.25) is 0 Å². The Bertz CT molecular complexity index is 97.4. The Hall–Kier alpha value is -0.0800. The fraction of sp³-hybridized carbons (Fsp3) is 1.00. The van der Waals surface area contributed by atoms with Gasteiger partial charge in [0.1, 0.15) is 0 Å². The SMILES string of the molecule is CC(N)C(O)C1CCCC1. The third-order valence-corrected chi connectivity index (χ3v) is 2.42. The summed E-state index contributed by atoms with van der Waals surface area (Å²) >= 11 is 0. The highest BCUT2D eigenvalue weighted by atomic mass is 16.3. The van der Waals surface area contributed by atoms with Crippen molar-refractivity contribution in [2.75, 3.05) is 0 Å². The summed E-state index contributed by atoms with van der Waals surface area (Å²) in [4.78, 5) is 0. The van der Waals surface area contributed by atoms with Crippen molar-refractivity contribution in [2.24, 2.45) is 11.7 Å². The maximum absolute atomic E-state index is 9.50. The van der Waals surface area contributed by atoms with Crippen LogP contribution in [0.3, 0.4) is 0 Å². The van der Waals surface area contributed by atoms with Gasteiger partial charge >= 0.3 is 0 Å². The zero-order chi connectivity index (χ0) is 7.56. The van der Waals surface area contributed by atoms with Gasteiger partial charge in [0.2, 0.25) is 0 Å². The van der Waals surface area contributed by atoms with Crippen molar-refractivity contribution in [3.63, 3.8) is 0 Å². The van der Waals surface area contributed by atoms with Gasteiger partial charge in [-0.25, -0.2) is 0 Å². The Kier molecular flexibility index (Phi) is 2.69. The van der Waals surface area contributed by atoms with E-state index in [1.54, 1.807) is 0 Å². The highest BCUT2D eigenvalue weighted by Crippen LogP contribution is 2.28. The van der Waals surface area contributed by atoms with Gasteiger partial charge in [-0.2, -0.15) is 0 Å². The first-order chi connectivity index (χ1) is 4.72. The van der Waals surface area contributed by atoms with Crippen LogP contribution < -0.4 is 5.73 Å². The molecule has 10 heavy (non-hydrogen) atoms. The standard InChI is InChI=1S/C8H17NO/c1-6(9)8(10)7-4-2-3-5-7/h6-8,10H,2-5,9H2,1H3. The minimum atomic E-state index is -0.262. The molecular weight excluding hydrogens is 126 g/mol. The van der Waals surface area contributed by atoms with Crippen molar-refractivity contribution in [1.82, 2.24) is 0 Å². The molecule has 1 aliphatic rings.